The molecule has 1 heterocycles. The van der Waals surface area contributed by atoms with Crippen molar-refractivity contribution in [3.63, 3.8) is 0 Å². The predicted molar refractivity (Wildman–Crippen MR) is 72.2 cm³/mol. The molecule has 0 aliphatic heterocycles. The lowest BCUT2D eigenvalue weighted by molar-refractivity contribution is 0.612. The number of hydrogen-bond acceptors (Lipinski definition) is 2. The van der Waals surface area contributed by atoms with Gasteiger partial charge in [0.1, 0.15) is 5.82 Å². The number of nitrogens with zero attached hydrogens (tertiary/aromatic N) is 1. The molecule has 1 aromatic carbocycles. The SMILES string of the molecule is O=c1[nH]cc(Br)c(=O)n1Cc1cccc(F)c1Br. The van der Waals surface area contributed by atoms with Gasteiger partial charge in [-0.05, 0) is 43.5 Å². The number of nitrogens with one attached hydrogen (secondary N) is 1. The van der Waals surface area contributed by atoms with Gasteiger partial charge >= 0.3 is 5.69 Å². The van der Waals surface area contributed by atoms with Gasteiger partial charge in [-0.25, -0.2) is 9.18 Å². The van der Waals surface area contributed by atoms with Gasteiger partial charge in [0, 0.05) is 6.20 Å². The van der Waals surface area contributed by atoms with Crippen molar-refractivity contribution in [1.82, 2.24) is 9.55 Å². The first-order chi connectivity index (χ1) is 8.50. The normalized spacial score (nSPS) is 10.6. The molecule has 2 rings (SSSR count). The van der Waals surface area contributed by atoms with Crippen LogP contribution in [0.15, 0.2) is 42.9 Å². The molecule has 0 unspecified atom stereocenters. The Labute approximate surface area is 118 Å². The molecule has 18 heavy (non-hydrogen) atoms. The maximum absolute atomic E-state index is 13.3. The monoisotopic (exact) mass is 376 g/mol. The van der Waals surface area contributed by atoms with E-state index >= 15 is 0 Å². The second-order valence-corrected chi connectivity index (χ2v) is 5.19. The Hall–Kier alpha value is -1.21. The van der Waals surface area contributed by atoms with Crippen LogP contribution in [0.3, 0.4) is 0 Å². The molecular weight excluding hydrogens is 371 g/mol. The average Bonchev–Trinajstić information content (AvgIpc) is 2.35. The summed E-state index contributed by atoms with van der Waals surface area (Å²) >= 11 is 6.13. The van der Waals surface area contributed by atoms with Gasteiger partial charge in [0.2, 0.25) is 0 Å². The average molecular weight is 378 g/mol. The van der Waals surface area contributed by atoms with Crippen LogP contribution in [0.1, 0.15) is 5.56 Å². The van der Waals surface area contributed by atoms with E-state index in [-0.39, 0.29) is 15.5 Å². The summed E-state index contributed by atoms with van der Waals surface area (Å²) in [4.78, 5) is 25.8. The van der Waals surface area contributed by atoms with E-state index in [0.29, 0.717) is 5.56 Å². The zero-order valence-corrected chi connectivity index (χ0v) is 12.1. The molecule has 0 amide bonds. The molecule has 0 atom stereocenters. The summed E-state index contributed by atoms with van der Waals surface area (Å²) in [5.74, 6) is -0.438. The van der Waals surface area contributed by atoms with E-state index in [1.165, 1.54) is 18.3 Å². The maximum Gasteiger partial charge on any atom is 0.328 e. The topological polar surface area (TPSA) is 54.9 Å². The van der Waals surface area contributed by atoms with Crippen LogP contribution in [-0.2, 0) is 6.54 Å². The van der Waals surface area contributed by atoms with Crippen molar-refractivity contribution in [3.05, 3.63) is 65.6 Å². The van der Waals surface area contributed by atoms with Crippen molar-refractivity contribution >= 4 is 31.9 Å². The van der Waals surface area contributed by atoms with Crippen LogP contribution in [0, 0.1) is 5.82 Å². The third-order valence-electron chi connectivity index (χ3n) is 2.38. The Bertz CT molecular complexity index is 709. The summed E-state index contributed by atoms with van der Waals surface area (Å²) in [5.41, 5.74) is -0.491. The molecule has 0 saturated heterocycles. The Morgan fingerprint density at radius 3 is 2.72 bits per heavy atom. The van der Waals surface area contributed by atoms with Crippen LogP contribution < -0.4 is 11.2 Å². The fourth-order valence-corrected chi connectivity index (χ4v) is 2.19. The van der Waals surface area contributed by atoms with Crippen LogP contribution in [0.25, 0.3) is 0 Å². The van der Waals surface area contributed by atoms with E-state index in [4.69, 9.17) is 0 Å². The number of H-pyrrole nitrogens is 1. The zero-order valence-electron chi connectivity index (χ0n) is 8.91. The zero-order chi connectivity index (χ0) is 13.3. The van der Waals surface area contributed by atoms with E-state index in [1.807, 2.05) is 0 Å². The second-order valence-electron chi connectivity index (χ2n) is 3.55. The van der Waals surface area contributed by atoms with Gasteiger partial charge in [0.25, 0.3) is 5.56 Å². The second kappa shape index (κ2) is 5.19. The Morgan fingerprint density at radius 2 is 2.00 bits per heavy atom. The minimum absolute atomic E-state index is 0.00799. The van der Waals surface area contributed by atoms with Gasteiger partial charge < -0.3 is 4.98 Å². The Kier molecular flexibility index (Phi) is 3.82. The summed E-state index contributed by atoms with van der Waals surface area (Å²) in [6, 6.07) is 4.45. The number of rotatable bonds is 2. The molecule has 0 bridgehead atoms. The molecule has 2 aromatic rings. The quantitative estimate of drug-likeness (QED) is 0.872. The molecule has 0 spiro atoms. The fraction of sp³-hybridized carbons (Fsp3) is 0.0909. The molecule has 1 N–H and O–H groups in total. The minimum atomic E-state index is -0.542. The third kappa shape index (κ3) is 2.46. The number of aromatic amines is 1. The van der Waals surface area contributed by atoms with Gasteiger partial charge in [-0.1, -0.05) is 12.1 Å². The van der Waals surface area contributed by atoms with Gasteiger partial charge in [-0.2, -0.15) is 0 Å². The van der Waals surface area contributed by atoms with Crippen molar-refractivity contribution in [2.24, 2.45) is 0 Å². The molecule has 1 aromatic heterocycles. The number of aromatic nitrogens is 2. The lowest BCUT2D eigenvalue weighted by Crippen LogP contribution is -2.35. The minimum Gasteiger partial charge on any atom is -0.313 e. The van der Waals surface area contributed by atoms with Crippen LogP contribution >= 0.6 is 31.9 Å². The highest BCUT2D eigenvalue weighted by Gasteiger charge is 2.10. The number of benzene rings is 1. The highest BCUT2D eigenvalue weighted by molar-refractivity contribution is 9.10. The van der Waals surface area contributed by atoms with E-state index in [1.54, 1.807) is 6.07 Å². The third-order valence-corrected chi connectivity index (χ3v) is 3.83. The molecule has 0 radical (unpaired) electrons. The van der Waals surface area contributed by atoms with Crippen LogP contribution in [-0.4, -0.2) is 9.55 Å². The first-order valence-corrected chi connectivity index (χ1v) is 6.50. The van der Waals surface area contributed by atoms with E-state index in [2.05, 4.69) is 36.8 Å². The Balaban J connectivity index is 2.53. The maximum atomic E-state index is 13.3. The Morgan fingerprint density at radius 1 is 1.28 bits per heavy atom. The summed E-state index contributed by atoms with van der Waals surface area (Å²) in [5, 5.41) is 0. The molecule has 0 saturated carbocycles. The van der Waals surface area contributed by atoms with Crippen molar-refractivity contribution in [2.45, 2.75) is 6.54 Å². The van der Waals surface area contributed by atoms with Crippen molar-refractivity contribution in [2.75, 3.05) is 0 Å². The van der Waals surface area contributed by atoms with E-state index < -0.39 is 17.1 Å². The van der Waals surface area contributed by atoms with Crippen molar-refractivity contribution < 1.29 is 4.39 Å². The molecule has 0 aliphatic rings. The van der Waals surface area contributed by atoms with Crippen molar-refractivity contribution in [1.29, 1.82) is 0 Å². The first-order valence-electron chi connectivity index (χ1n) is 4.91. The van der Waals surface area contributed by atoms with E-state index in [0.717, 1.165) is 4.57 Å². The van der Waals surface area contributed by atoms with Gasteiger partial charge in [0.15, 0.2) is 0 Å². The lowest BCUT2D eigenvalue weighted by Gasteiger charge is -2.07. The number of hydrogen-bond donors (Lipinski definition) is 1. The van der Waals surface area contributed by atoms with Crippen molar-refractivity contribution in [3.8, 4) is 0 Å². The standard InChI is InChI=1S/C11H7Br2FN2O2/c12-7-4-15-11(18)16(10(7)17)5-6-2-1-3-8(14)9(6)13/h1-4H,5H2,(H,15,18). The molecule has 0 aliphatic carbocycles. The summed E-state index contributed by atoms with van der Waals surface area (Å²) in [7, 11) is 0. The summed E-state index contributed by atoms with van der Waals surface area (Å²) < 4.78 is 14.8. The molecular formula is C11H7Br2FN2O2. The largest absolute Gasteiger partial charge is 0.328 e. The molecule has 0 fully saturated rings. The molecule has 4 nitrogen and oxygen atoms in total. The summed E-state index contributed by atoms with van der Waals surface area (Å²) in [6.07, 6.45) is 1.28. The van der Waals surface area contributed by atoms with Gasteiger partial charge in [0.05, 0.1) is 15.5 Å². The fourth-order valence-electron chi connectivity index (χ4n) is 1.47. The van der Waals surface area contributed by atoms with Gasteiger partial charge in [-0.3, -0.25) is 9.36 Å². The van der Waals surface area contributed by atoms with E-state index in [9.17, 15) is 14.0 Å². The summed E-state index contributed by atoms with van der Waals surface area (Å²) in [6.45, 7) is -0.00799. The smallest absolute Gasteiger partial charge is 0.313 e. The highest BCUT2D eigenvalue weighted by Crippen LogP contribution is 2.20. The van der Waals surface area contributed by atoms with Gasteiger partial charge in [-0.15, -0.1) is 0 Å². The van der Waals surface area contributed by atoms with Crippen LogP contribution in [0.2, 0.25) is 0 Å². The predicted octanol–water partition coefficient (Wildman–Crippen LogP) is 2.25. The molecule has 94 valence electrons. The molecule has 7 heteroatoms. The number of halogens is 3. The highest BCUT2D eigenvalue weighted by atomic mass is 79.9. The van der Waals surface area contributed by atoms with Crippen LogP contribution in [0.4, 0.5) is 4.39 Å². The van der Waals surface area contributed by atoms with Crippen LogP contribution in [0.5, 0.6) is 0 Å². The first kappa shape index (κ1) is 13.2. The lowest BCUT2D eigenvalue weighted by atomic mass is 10.2.